The summed E-state index contributed by atoms with van der Waals surface area (Å²) in [5.41, 5.74) is 0.00648. The molecule has 23 heavy (non-hydrogen) atoms. The summed E-state index contributed by atoms with van der Waals surface area (Å²) in [5.74, 6) is -0.00142. The molecule has 0 aromatic heterocycles. The van der Waals surface area contributed by atoms with E-state index in [1.54, 1.807) is 24.3 Å². The summed E-state index contributed by atoms with van der Waals surface area (Å²) in [5, 5.41) is 11.0. The van der Waals surface area contributed by atoms with Crippen LogP contribution in [-0.4, -0.2) is 26.7 Å². The molecule has 0 aliphatic rings. The molecule has 0 heterocycles. The van der Waals surface area contributed by atoms with Crippen molar-refractivity contribution in [2.45, 2.75) is 9.79 Å². The van der Waals surface area contributed by atoms with Gasteiger partial charge in [-0.05, 0) is 30.5 Å². The van der Waals surface area contributed by atoms with Crippen LogP contribution in [0.25, 0.3) is 0 Å². The van der Waals surface area contributed by atoms with Crippen molar-refractivity contribution in [3.8, 4) is 5.75 Å². The molecule has 0 amide bonds. The molecule has 1 N–H and O–H groups in total. The zero-order valence-corrected chi connectivity index (χ0v) is 14.0. The maximum absolute atomic E-state index is 12.5. The molecule has 0 aliphatic heterocycles. The fourth-order valence-electron chi connectivity index (χ4n) is 1.91. The molecule has 0 spiro atoms. The van der Waals surface area contributed by atoms with Gasteiger partial charge in [0.25, 0.3) is 10.0 Å². The highest BCUT2D eigenvalue weighted by Crippen LogP contribution is 2.31. The number of rotatable bonds is 6. The van der Waals surface area contributed by atoms with Crippen molar-refractivity contribution in [1.29, 1.82) is 0 Å². The van der Waals surface area contributed by atoms with Crippen LogP contribution in [0.5, 0.6) is 5.75 Å². The molecule has 0 saturated heterocycles. The van der Waals surface area contributed by atoms with Gasteiger partial charge in [-0.3, -0.25) is 14.8 Å². The number of thioether (sulfide) groups is 1. The van der Waals surface area contributed by atoms with E-state index in [-0.39, 0.29) is 10.6 Å². The maximum Gasteiger partial charge on any atom is 0.312 e. The highest BCUT2D eigenvalue weighted by Gasteiger charge is 2.22. The third-order valence-corrected chi connectivity index (χ3v) is 5.17. The summed E-state index contributed by atoms with van der Waals surface area (Å²) in [4.78, 5) is 10.9. The van der Waals surface area contributed by atoms with Gasteiger partial charge in [-0.15, -0.1) is 11.8 Å². The molecule has 0 aliphatic carbocycles. The first kappa shape index (κ1) is 17.1. The number of nitro benzene ring substituents is 1. The highest BCUT2D eigenvalue weighted by atomic mass is 32.2. The number of nitro groups is 1. The Balaban J connectivity index is 2.44. The fourth-order valence-corrected chi connectivity index (χ4v) is 3.63. The average molecular weight is 354 g/mol. The van der Waals surface area contributed by atoms with Crippen molar-refractivity contribution < 1.29 is 18.1 Å². The fraction of sp³-hybridized carbons (Fsp3) is 0.143. The van der Waals surface area contributed by atoms with Gasteiger partial charge in [0, 0.05) is 11.0 Å². The number of hydrogen-bond acceptors (Lipinski definition) is 6. The van der Waals surface area contributed by atoms with Crippen LogP contribution in [0, 0.1) is 10.1 Å². The second-order valence-corrected chi connectivity index (χ2v) is 6.93. The predicted octanol–water partition coefficient (Wildman–Crippen LogP) is 3.13. The van der Waals surface area contributed by atoms with Crippen LogP contribution in [-0.2, 0) is 10.0 Å². The Morgan fingerprint density at radius 1 is 1.22 bits per heavy atom. The van der Waals surface area contributed by atoms with Crippen molar-refractivity contribution in [3.05, 3.63) is 52.6 Å². The first-order valence-electron chi connectivity index (χ1n) is 6.37. The Bertz CT molecular complexity index is 837. The number of anilines is 1. The molecule has 0 fully saturated rings. The molecule has 9 heteroatoms. The number of nitrogens with one attached hydrogen (secondary N) is 1. The quantitative estimate of drug-likeness (QED) is 0.486. The zero-order valence-electron chi connectivity index (χ0n) is 12.3. The minimum atomic E-state index is -3.95. The number of sulfonamides is 1. The maximum atomic E-state index is 12.5. The van der Waals surface area contributed by atoms with E-state index in [2.05, 4.69) is 4.72 Å². The van der Waals surface area contributed by atoms with Crippen molar-refractivity contribution in [2.75, 3.05) is 18.1 Å². The number of benzene rings is 2. The molecule has 0 saturated carbocycles. The molecule has 2 rings (SSSR count). The van der Waals surface area contributed by atoms with E-state index >= 15 is 0 Å². The van der Waals surface area contributed by atoms with Crippen LogP contribution in [0.2, 0.25) is 0 Å². The van der Waals surface area contributed by atoms with Crippen LogP contribution in [0.4, 0.5) is 11.4 Å². The van der Waals surface area contributed by atoms with Crippen molar-refractivity contribution in [1.82, 2.24) is 0 Å². The lowest BCUT2D eigenvalue weighted by atomic mass is 10.3. The number of para-hydroxylation sites is 1. The first-order chi connectivity index (χ1) is 10.9. The summed E-state index contributed by atoms with van der Waals surface area (Å²) in [7, 11) is -2.67. The molecule has 122 valence electrons. The Kier molecular flexibility index (Phi) is 5.12. The molecule has 2 aromatic rings. The lowest BCUT2D eigenvalue weighted by Gasteiger charge is -2.11. The largest absolute Gasteiger partial charge is 0.490 e. The van der Waals surface area contributed by atoms with E-state index in [0.717, 1.165) is 11.0 Å². The van der Waals surface area contributed by atoms with Gasteiger partial charge in [0.05, 0.1) is 22.6 Å². The monoisotopic (exact) mass is 354 g/mol. The second kappa shape index (κ2) is 6.88. The van der Waals surface area contributed by atoms with Gasteiger partial charge < -0.3 is 4.74 Å². The third-order valence-electron chi connectivity index (χ3n) is 3.01. The van der Waals surface area contributed by atoms with Crippen LogP contribution < -0.4 is 9.46 Å². The van der Waals surface area contributed by atoms with Crippen molar-refractivity contribution in [2.24, 2.45) is 0 Å². The summed E-state index contributed by atoms with van der Waals surface area (Å²) in [6.07, 6.45) is 1.82. The molecule has 0 atom stereocenters. The van der Waals surface area contributed by atoms with Crippen LogP contribution in [0.3, 0.4) is 0 Å². The van der Waals surface area contributed by atoms with Crippen LogP contribution >= 0.6 is 11.8 Å². The highest BCUT2D eigenvalue weighted by molar-refractivity contribution is 7.99. The summed E-state index contributed by atoms with van der Waals surface area (Å²) in [6.45, 7) is 0. The predicted molar refractivity (Wildman–Crippen MR) is 88.7 cm³/mol. The molecule has 0 bridgehead atoms. The molecule has 7 nitrogen and oxygen atoms in total. The van der Waals surface area contributed by atoms with Gasteiger partial charge in [-0.2, -0.15) is 0 Å². The minimum absolute atomic E-state index is 0.00142. The Morgan fingerprint density at radius 2 is 1.91 bits per heavy atom. The molecule has 2 aromatic carbocycles. The summed E-state index contributed by atoms with van der Waals surface area (Å²) in [6, 6.07) is 10.4. The standard InChI is InChI=1S/C14H14N2O5S2/c1-21-13-8-7-10(9-12(13)16(17)18)23(19,20)15-11-5-3-4-6-14(11)22-2/h3-9,15H,1-2H3. The van der Waals surface area contributed by atoms with E-state index in [4.69, 9.17) is 4.74 Å². The van der Waals surface area contributed by atoms with E-state index in [9.17, 15) is 18.5 Å². The lowest BCUT2D eigenvalue weighted by Crippen LogP contribution is -2.14. The van der Waals surface area contributed by atoms with Crippen LogP contribution in [0.15, 0.2) is 52.3 Å². The summed E-state index contributed by atoms with van der Waals surface area (Å²) >= 11 is 1.39. The molecule has 0 radical (unpaired) electrons. The van der Waals surface area contributed by atoms with E-state index in [0.29, 0.717) is 5.69 Å². The third kappa shape index (κ3) is 3.74. The Morgan fingerprint density at radius 3 is 2.52 bits per heavy atom. The summed E-state index contributed by atoms with van der Waals surface area (Å²) < 4.78 is 32.2. The number of methoxy groups -OCH3 is 1. The number of nitrogens with zero attached hydrogens (tertiary/aromatic N) is 1. The first-order valence-corrected chi connectivity index (χ1v) is 9.08. The van der Waals surface area contributed by atoms with E-state index in [1.165, 1.54) is 31.0 Å². The SMILES string of the molecule is COc1ccc(S(=O)(=O)Nc2ccccc2SC)cc1[N+](=O)[O-]. The smallest absolute Gasteiger partial charge is 0.312 e. The number of ether oxygens (including phenoxy) is 1. The second-order valence-electron chi connectivity index (χ2n) is 4.40. The van der Waals surface area contributed by atoms with Gasteiger partial charge in [-0.25, -0.2) is 8.42 Å². The Labute approximate surface area is 137 Å². The van der Waals surface area contributed by atoms with Gasteiger partial charge in [0.1, 0.15) is 0 Å². The van der Waals surface area contributed by atoms with Crippen molar-refractivity contribution >= 4 is 33.2 Å². The van der Waals surface area contributed by atoms with Gasteiger partial charge in [0.15, 0.2) is 5.75 Å². The van der Waals surface area contributed by atoms with E-state index in [1.807, 2.05) is 6.26 Å². The van der Waals surface area contributed by atoms with Gasteiger partial charge in [0.2, 0.25) is 0 Å². The lowest BCUT2D eigenvalue weighted by molar-refractivity contribution is -0.386. The molecular weight excluding hydrogens is 340 g/mol. The minimum Gasteiger partial charge on any atom is -0.490 e. The zero-order chi connectivity index (χ0) is 17.0. The molecule has 0 unspecified atom stereocenters. The van der Waals surface area contributed by atoms with Gasteiger partial charge in [-0.1, -0.05) is 12.1 Å². The number of hydrogen-bond donors (Lipinski definition) is 1. The average Bonchev–Trinajstić information content (AvgIpc) is 2.54. The van der Waals surface area contributed by atoms with Crippen molar-refractivity contribution in [3.63, 3.8) is 0 Å². The molecular formula is C14H14N2O5S2. The topological polar surface area (TPSA) is 98.5 Å². The van der Waals surface area contributed by atoms with E-state index < -0.39 is 20.6 Å². The Hall–Kier alpha value is -2.26. The van der Waals surface area contributed by atoms with Gasteiger partial charge >= 0.3 is 5.69 Å². The normalized spacial score (nSPS) is 11.0. The van der Waals surface area contributed by atoms with Crippen LogP contribution in [0.1, 0.15) is 0 Å².